The van der Waals surface area contributed by atoms with Gasteiger partial charge in [0, 0.05) is 41.8 Å². The van der Waals surface area contributed by atoms with Gasteiger partial charge in [0.15, 0.2) is 0 Å². The summed E-state index contributed by atoms with van der Waals surface area (Å²) in [4.78, 5) is 20.0. The second kappa shape index (κ2) is 7.52. The summed E-state index contributed by atoms with van der Waals surface area (Å²) in [5.74, 6) is 0.969. The van der Waals surface area contributed by atoms with Gasteiger partial charge in [-0.1, -0.05) is 6.07 Å². The van der Waals surface area contributed by atoms with Crippen LogP contribution in [0.25, 0.3) is 11.3 Å². The van der Waals surface area contributed by atoms with Crippen molar-refractivity contribution in [2.45, 2.75) is 6.92 Å². The largest absolute Gasteiger partial charge is 0.497 e. The van der Waals surface area contributed by atoms with Gasteiger partial charge >= 0.3 is 0 Å². The molecule has 1 amide bonds. The van der Waals surface area contributed by atoms with Crippen molar-refractivity contribution in [1.82, 2.24) is 9.97 Å². The van der Waals surface area contributed by atoms with Gasteiger partial charge in [-0.25, -0.2) is 9.97 Å². The Bertz CT molecular complexity index is 943. The Morgan fingerprint density at radius 1 is 1.12 bits per heavy atom. The molecule has 0 aliphatic carbocycles. The van der Waals surface area contributed by atoms with E-state index in [4.69, 9.17) is 10.5 Å². The Hall–Kier alpha value is -3.61. The molecule has 0 unspecified atom stereocenters. The van der Waals surface area contributed by atoms with Crippen molar-refractivity contribution in [2.24, 2.45) is 0 Å². The van der Waals surface area contributed by atoms with Crippen LogP contribution in [0.3, 0.4) is 0 Å². The van der Waals surface area contributed by atoms with Crippen LogP contribution < -0.4 is 21.1 Å². The van der Waals surface area contributed by atoms with Gasteiger partial charge in [0.25, 0.3) is 0 Å². The number of hydrogen-bond acceptors (Lipinski definition) is 6. The molecule has 0 saturated carbocycles. The highest BCUT2D eigenvalue weighted by Crippen LogP contribution is 2.27. The van der Waals surface area contributed by atoms with E-state index in [0.29, 0.717) is 28.8 Å². The van der Waals surface area contributed by atoms with E-state index in [0.717, 1.165) is 11.3 Å². The van der Waals surface area contributed by atoms with Crippen molar-refractivity contribution >= 4 is 28.9 Å². The fourth-order valence-corrected chi connectivity index (χ4v) is 2.47. The number of anilines is 4. The molecule has 2 aromatic carbocycles. The van der Waals surface area contributed by atoms with Crippen molar-refractivity contribution in [3.63, 3.8) is 0 Å². The molecule has 132 valence electrons. The number of aromatic nitrogens is 2. The Kier molecular flexibility index (Phi) is 4.98. The molecule has 0 aliphatic rings. The summed E-state index contributed by atoms with van der Waals surface area (Å²) in [6.07, 6.45) is 1.66. The molecule has 26 heavy (non-hydrogen) atoms. The molecule has 3 aromatic rings. The summed E-state index contributed by atoms with van der Waals surface area (Å²) in [6, 6.07) is 14.5. The highest BCUT2D eigenvalue weighted by Gasteiger charge is 2.06. The number of benzene rings is 2. The third kappa shape index (κ3) is 4.27. The first-order chi connectivity index (χ1) is 12.5. The van der Waals surface area contributed by atoms with Crippen LogP contribution in [0.2, 0.25) is 0 Å². The number of ether oxygens (including phenoxy) is 1. The number of hydrogen-bond donors (Lipinski definition) is 3. The number of methoxy groups -OCH3 is 1. The summed E-state index contributed by atoms with van der Waals surface area (Å²) in [5.41, 5.74) is 9.51. The lowest BCUT2D eigenvalue weighted by molar-refractivity contribution is -0.114. The van der Waals surface area contributed by atoms with E-state index < -0.39 is 0 Å². The molecule has 7 heteroatoms. The van der Waals surface area contributed by atoms with Crippen LogP contribution in [0.1, 0.15) is 6.92 Å². The number of nitrogens with two attached hydrogens (primary N) is 1. The molecule has 0 radical (unpaired) electrons. The lowest BCUT2D eigenvalue weighted by atomic mass is 10.1. The first-order valence-electron chi connectivity index (χ1n) is 7.96. The monoisotopic (exact) mass is 349 g/mol. The average Bonchev–Trinajstić information content (AvgIpc) is 2.61. The third-order valence-electron chi connectivity index (χ3n) is 3.55. The number of nitrogen functional groups attached to an aromatic ring is 1. The lowest BCUT2D eigenvalue weighted by Gasteiger charge is -2.10. The summed E-state index contributed by atoms with van der Waals surface area (Å²) >= 11 is 0. The van der Waals surface area contributed by atoms with E-state index in [-0.39, 0.29) is 5.91 Å². The molecule has 1 aromatic heterocycles. The molecule has 0 atom stereocenters. The maximum atomic E-state index is 11.2. The highest BCUT2D eigenvalue weighted by atomic mass is 16.5. The second-order valence-electron chi connectivity index (χ2n) is 5.65. The van der Waals surface area contributed by atoms with Crippen molar-refractivity contribution < 1.29 is 9.53 Å². The lowest BCUT2D eigenvalue weighted by Crippen LogP contribution is -2.06. The fraction of sp³-hybridized carbons (Fsp3) is 0.105. The van der Waals surface area contributed by atoms with Gasteiger partial charge in [-0.2, -0.15) is 0 Å². The number of rotatable bonds is 5. The first kappa shape index (κ1) is 17.2. The van der Waals surface area contributed by atoms with Gasteiger partial charge in [0.2, 0.25) is 11.9 Å². The molecular formula is C19H19N5O2. The highest BCUT2D eigenvalue weighted by molar-refractivity contribution is 5.89. The molecule has 3 rings (SSSR count). The molecule has 4 N–H and O–H groups in total. The Balaban J connectivity index is 1.86. The molecule has 0 aliphatic heterocycles. The summed E-state index contributed by atoms with van der Waals surface area (Å²) in [6.45, 7) is 1.46. The van der Waals surface area contributed by atoms with Crippen molar-refractivity contribution in [1.29, 1.82) is 0 Å². The van der Waals surface area contributed by atoms with Crippen LogP contribution in [0.5, 0.6) is 5.75 Å². The van der Waals surface area contributed by atoms with Crippen molar-refractivity contribution in [3.05, 3.63) is 54.7 Å². The zero-order valence-corrected chi connectivity index (χ0v) is 14.5. The van der Waals surface area contributed by atoms with Gasteiger partial charge in [-0.15, -0.1) is 0 Å². The van der Waals surface area contributed by atoms with Gasteiger partial charge in [-0.3, -0.25) is 4.79 Å². The summed E-state index contributed by atoms with van der Waals surface area (Å²) in [5, 5.41) is 5.87. The van der Waals surface area contributed by atoms with E-state index in [1.54, 1.807) is 31.5 Å². The van der Waals surface area contributed by atoms with E-state index in [9.17, 15) is 4.79 Å². The van der Waals surface area contributed by atoms with Crippen LogP contribution in [0.15, 0.2) is 54.7 Å². The van der Waals surface area contributed by atoms with E-state index >= 15 is 0 Å². The normalized spacial score (nSPS) is 10.2. The van der Waals surface area contributed by atoms with Gasteiger partial charge in [-0.05, 0) is 36.4 Å². The Labute approximate surface area is 151 Å². The van der Waals surface area contributed by atoms with Gasteiger partial charge in [0.05, 0.1) is 12.8 Å². The minimum absolute atomic E-state index is 0.129. The maximum Gasteiger partial charge on any atom is 0.227 e. The molecule has 0 fully saturated rings. The number of amides is 1. The minimum atomic E-state index is -0.129. The molecular weight excluding hydrogens is 330 g/mol. The quantitative estimate of drug-likeness (QED) is 0.610. The molecule has 0 spiro atoms. The Morgan fingerprint density at radius 2 is 1.92 bits per heavy atom. The fourth-order valence-electron chi connectivity index (χ4n) is 2.47. The van der Waals surface area contributed by atoms with Crippen LogP contribution in [-0.4, -0.2) is 23.0 Å². The van der Waals surface area contributed by atoms with E-state index in [1.165, 1.54) is 6.92 Å². The molecule has 0 bridgehead atoms. The smallest absolute Gasteiger partial charge is 0.227 e. The van der Waals surface area contributed by atoms with Crippen molar-refractivity contribution in [3.8, 4) is 17.0 Å². The SMILES string of the molecule is COc1cc(N)cc(-c2ccnc(Nc3cccc(NC(C)=O)c3)n2)c1. The minimum Gasteiger partial charge on any atom is -0.497 e. The number of nitrogens with one attached hydrogen (secondary N) is 2. The predicted octanol–water partition coefficient (Wildman–Crippen LogP) is 3.44. The zero-order chi connectivity index (χ0) is 18.5. The number of carbonyl (C=O) groups is 1. The second-order valence-corrected chi connectivity index (χ2v) is 5.65. The van der Waals surface area contributed by atoms with Crippen LogP contribution >= 0.6 is 0 Å². The van der Waals surface area contributed by atoms with Gasteiger partial charge < -0.3 is 21.1 Å². The van der Waals surface area contributed by atoms with E-state index in [2.05, 4.69) is 20.6 Å². The average molecular weight is 349 g/mol. The predicted molar refractivity (Wildman–Crippen MR) is 102 cm³/mol. The van der Waals surface area contributed by atoms with Crippen LogP contribution in [0.4, 0.5) is 23.0 Å². The standard InChI is InChI=1S/C19H19N5O2/c1-12(25)22-15-4-3-5-16(11-15)23-19-21-7-6-18(24-19)13-8-14(20)10-17(9-13)26-2/h3-11H,20H2,1-2H3,(H,22,25)(H,21,23,24). The summed E-state index contributed by atoms with van der Waals surface area (Å²) < 4.78 is 5.25. The van der Waals surface area contributed by atoms with E-state index in [1.807, 2.05) is 30.3 Å². The van der Waals surface area contributed by atoms with Crippen molar-refractivity contribution in [2.75, 3.05) is 23.5 Å². The zero-order valence-electron chi connectivity index (χ0n) is 14.5. The number of carbonyl (C=O) groups excluding carboxylic acids is 1. The molecule has 0 saturated heterocycles. The third-order valence-corrected chi connectivity index (χ3v) is 3.55. The number of nitrogens with zero attached hydrogens (tertiary/aromatic N) is 2. The van der Waals surface area contributed by atoms with Crippen LogP contribution in [0, 0.1) is 0 Å². The topological polar surface area (TPSA) is 102 Å². The maximum absolute atomic E-state index is 11.2. The van der Waals surface area contributed by atoms with Gasteiger partial charge in [0.1, 0.15) is 5.75 Å². The molecule has 7 nitrogen and oxygen atoms in total. The molecule has 1 heterocycles. The summed E-state index contributed by atoms with van der Waals surface area (Å²) in [7, 11) is 1.59. The Morgan fingerprint density at radius 3 is 2.69 bits per heavy atom. The first-order valence-corrected chi connectivity index (χ1v) is 7.96. The van der Waals surface area contributed by atoms with Crippen LogP contribution in [-0.2, 0) is 4.79 Å².